The third-order valence-corrected chi connectivity index (χ3v) is 1.91. The Morgan fingerprint density at radius 1 is 1.41 bits per heavy atom. The zero-order valence-corrected chi connectivity index (χ0v) is 9.64. The number of nitrogen functional groups attached to an aromatic ring is 1. The fourth-order valence-electron chi connectivity index (χ4n) is 1.19. The minimum absolute atomic E-state index is 0.0413. The lowest BCUT2D eigenvalue weighted by Crippen LogP contribution is -2.32. The van der Waals surface area contributed by atoms with Crippen molar-refractivity contribution in [2.24, 2.45) is 0 Å². The Morgan fingerprint density at radius 2 is 2.18 bits per heavy atom. The Balaban J connectivity index is 2.19. The van der Waals surface area contributed by atoms with Crippen LogP contribution < -0.4 is 16.4 Å². The van der Waals surface area contributed by atoms with Gasteiger partial charge < -0.3 is 16.4 Å². The molecule has 8 heteroatoms. The lowest BCUT2D eigenvalue weighted by atomic mass is 10.4. The zero-order valence-electron chi connectivity index (χ0n) is 9.64. The summed E-state index contributed by atoms with van der Waals surface area (Å²) in [6, 6.07) is 0. The van der Waals surface area contributed by atoms with E-state index in [4.69, 9.17) is 5.73 Å². The molecular weight excluding hydrogens is 224 g/mol. The maximum atomic E-state index is 11.4. The predicted molar refractivity (Wildman–Crippen MR) is 60.7 cm³/mol. The van der Waals surface area contributed by atoms with Gasteiger partial charge in [-0.3, -0.25) is 9.59 Å². The van der Waals surface area contributed by atoms with Crippen molar-refractivity contribution < 1.29 is 9.59 Å². The van der Waals surface area contributed by atoms with Crippen LogP contribution in [0.1, 0.15) is 13.3 Å². The summed E-state index contributed by atoms with van der Waals surface area (Å²) in [5.74, 6) is -0.197. The van der Waals surface area contributed by atoms with E-state index in [2.05, 4.69) is 20.7 Å². The highest BCUT2D eigenvalue weighted by molar-refractivity contribution is 5.78. The van der Waals surface area contributed by atoms with E-state index in [9.17, 15) is 9.59 Å². The van der Waals surface area contributed by atoms with Crippen molar-refractivity contribution in [2.45, 2.75) is 19.9 Å². The lowest BCUT2D eigenvalue weighted by molar-refractivity contribution is -0.122. The molecule has 0 bridgehead atoms. The van der Waals surface area contributed by atoms with Crippen molar-refractivity contribution in [3.8, 4) is 0 Å². The second-order valence-corrected chi connectivity index (χ2v) is 3.35. The number of nitrogens with zero attached hydrogens (tertiary/aromatic N) is 3. The first-order valence-electron chi connectivity index (χ1n) is 5.30. The Hall–Kier alpha value is -2.12. The molecule has 0 aliphatic rings. The van der Waals surface area contributed by atoms with Gasteiger partial charge in [0, 0.05) is 19.5 Å². The number of amides is 2. The minimum atomic E-state index is -0.237. The summed E-state index contributed by atoms with van der Waals surface area (Å²) in [7, 11) is 0. The molecule has 1 rings (SSSR count). The average molecular weight is 240 g/mol. The van der Waals surface area contributed by atoms with Crippen LogP contribution in [0.2, 0.25) is 0 Å². The van der Waals surface area contributed by atoms with Crippen LogP contribution in [0.25, 0.3) is 0 Å². The van der Waals surface area contributed by atoms with Crippen LogP contribution in [-0.4, -0.2) is 39.7 Å². The molecule has 1 aromatic rings. The summed E-state index contributed by atoms with van der Waals surface area (Å²) >= 11 is 0. The SMILES string of the molecule is CCNC(=O)CCNC(=O)Cn1cnc(N)n1. The van der Waals surface area contributed by atoms with Crippen LogP contribution in [0, 0.1) is 0 Å². The molecule has 1 heterocycles. The van der Waals surface area contributed by atoms with Crippen LogP contribution in [0.4, 0.5) is 5.95 Å². The normalized spacial score (nSPS) is 9.94. The van der Waals surface area contributed by atoms with Crippen molar-refractivity contribution in [3.63, 3.8) is 0 Å². The van der Waals surface area contributed by atoms with Crippen molar-refractivity contribution >= 4 is 17.8 Å². The van der Waals surface area contributed by atoms with Gasteiger partial charge in [0.1, 0.15) is 12.9 Å². The van der Waals surface area contributed by atoms with Gasteiger partial charge in [0.05, 0.1) is 0 Å². The third-order valence-electron chi connectivity index (χ3n) is 1.91. The Labute approximate surface area is 98.6 Å². The molecule has 17 heavy (non-hydrogen) atoms. The van der Waals surface area contributed by atoms with E-state index in [1.807, 2.05) is 6.92 Å². The number of hydrogen-bond donors (Lipinski definition) is 3. The van der Waals surface area contributed by atoms with Gasteiger partial charge >= 0.3 is 0 Å². The largest absolute Gasteiger partial charge is 0.367 e. The van der Waals surface area contributed by atoms with Crippen molar-refractivity contribution in [1.29, 1.82) is 0 Å². The molecular formula is C9H16N6O2. The molecule has 0 saturated heterocycles. The molecule has 0 unspecified atom stereocenters. The summed E-state index contributed by atoms with van der Waals surface area (Å²) in [4.78, 5) is 26.2. The van der Waals surface area contributed by atoms with Crippen molar-refractivity contribution in [3.05, 3.63) is 6.33 Å². The monoisotopic (exact) mass is 240 g/mol. The molecule has 0 saturated carbocycles. The van der Waals surface area contributed by atoms with E-state index in [1.54, 1.807) is 0 Å². The highest BCUT2D eigenvalue weighted by Gasteiger charge is 2.05. The molecule has 4 N–H and O–H groups in total. The van der Waals surface area contributed by atoms with E-state index in [1.165, 1.54) is 11.0 Å². The summed E-state index contributed by atoms with van der Waals surface area (Å²) < 4.78 is 1.33. The van der Waals surface area contributed by atoms with E-state index < -0.39 is 0 Å². The second-order valence-electron chi connectivity index (χ2n) is 3.35. The Kier molecular flexibility index (Phi) is 4.92. The molecule has 1 aromatic heterocycles. The van der Waals surface area contributed by atoms with Gasteiger partial charge in [-0.2, -0.15) is 0 Å². The predicted octanol–water partition coefficient (Wildman–Crippen LogP) is -1.50. The molecule has 0 aliphatic heterocycles. The first-order chi connectivity index (χ1) is 8.11. The van der Waals surface area contributed by atoms with E-state index >= 15 is 0 Å². The number of rotatable bonds is 6. The summed E-state index contributed by atoms with van der Waals surface area (Å²) in [6.07, 6.45) is 1.64. The third kappa shape index (κ3) is 4.96. The summed E-state index contributed by atoms with van der Waals surface area (Å²) in [5, 5.41) is 9.00. The molecule has 2 amide bonds. The fraction of sp³-hybridized carbons (Fsp3) is 0.556. The van der Waals surface area contributed by atoms with Gasteiger partial charge in [-0.05, 0) is 6.92 Å². The van der Waals surface area contributed by atoms with Crippen molar-refractivity contribution in [1.82, 2.24) is 25.4 Å². The van der Waals surface area contributed by atoms with Gasteiger partial charge in [-0.25, -0.2) is 9.67 Å². The minimum Gasteiger partial charge on any atom is -0.367 e. The molecule has 0 spiro atoms. The molecule has 94 valence electrons. The molecule has 0 aliphatic carbocycles. The van der Waals surface area contributed by atoms with Gasteiger partial charge in [0.2, 0.25) is 17.8 Å². The first-order valence-corrected chi connectivity index (χ1v) is 5.30. The van der Waals surface area contributed by atoms with Gasteiger partial charge in [0.25, 0.3) is 0 Å². The van der Waals surface area contributed by atoms with Crippen LogP contribution >= 0.6 is 0 Å². The lowest BCUT2D eigenvalue weighted by Gasteiger charge is -2.05. The van der Waals surface area contributed by atoms with Crippen LogP contribution in [0.15, 0.2) is 6.33 Å². The first kappa shape index (κ1) is 12.9. The summed E-state index contributed by atoms with van der Waals surface area (Å²) in [5.41, 5.74) is 5.30. The topological polar surface area (TPSA) is 115 Å². The van der Waals surface area contributed by atoms with E-state index in [0.29, 0.717) is 13.1 Å². The van der Waals surface area contributed by atoms with Gasteiger partial charge in [-0.1, -0.05) is 0 Å². The number of hydrogen-bond acceptors (Lipinski definition) is 5. The van der Waals surface area contributed by atoms with Crippen molar-refractivity contribution in [2.75, 3.05) is 18.8 Å². The number of aromatic nitrogens is 3. The zero-order chi connectivity index (χ0) is 12.7. The highest BCUT2D eigenvalue weighted by atomic mass is 16.2. The number of nitrogens with two attached hydrogens (primary N) is 1. The number of carbonyl (C=O) groups is 2. The standard InChI is InChI=1S/C9H16N6O2/c1-2-11-7(16)3-4-12-8(17)5-15-6-13-9(10)14-15/h6H,2-5H2,1H3,(H2,10,14)(H,11,16)(H,12,17). The Bertz CT molecular complexity index is 389. The molecule has 0 radical (unpaired) electrons. The molecule has 8 nitrogen and oxygen atoms in total. The highest BCUT2D eigenvalue weighted by Crippen LogP contribution is 1.89. The van der Waals surface area contributed by atoms with Crippen LogP contribution in [0.3, 0.4) is 0 Å². The smallest absolute Gasteiger partial charge is 0.241 e. The second kappa shape index (κ2) is 6.46. The fourth-order valence-corrected chi connectivity index (χ4v) is 1.19. The van der Waals surface area contributed by atoms with Crippen LogP contribution in [-0.2, 0) is 16.1 Å². The average Bonchev–Trinajstić information content (AvgIpc) is 2.64. The van der Waals surface area contributed by atoms with Gasteiger partial charge in [-0.15, -0.1) is 5.10 Å². The number of anilines is 1. The number of carbonyl (C=O) groups excluding carboxylic acids is 2. The molecule has 0 aromatic carbocycles. The van der Waals surface area contributed by atoms with Gasteiger partial charge in [0.15, 0.2) is 0 Å². The van der Waals surface area contributed by atoms with Crippen LogP contribution in [0.5, 0.6) is 0 Å². The summed E-state index contributed by atoms with van der Waals surface area (Å²) in [6.45, 7) is 2.77. The number of nitrogens with one attached hydrogen (secondary N) is 2. The quantitative estimate of drug-likeness (QED) is 0.560. The maximum Gasteiger partial charge on any atom is 0.241 e. The van der Waals surface area contributed by atoms with E-state index in [0.717, 1.165) is 0 Å². The molecule has 0 atom stereocenters. The molecule has 0 fully saturated rings. The maximum absolute atomic E-state index is 11.4. The Morgan fingerprint density at radius 3 is 2.76 bits per heavy atom. The van der Waals surface area contributed by atoms with E-state index in [-0.39, 0.29) is 30.7 Å².